The Labute approximate surface area is 209 Å². The molecule has 0 saturated carbocycles. The van der Waals surface area contributed by atoms with Crippen LogP contribution in [0.5, 0.6) is 11.5 Å². The van der Waals surface area contributed by atoms with Gasteiger partial charge in [0.1, 0.15) is 24.8 Å². The number of imide groups is 1. The number of anilines is 1. The van der Waals surface area contributed by atoms with Gasteiger partial charge in [-0.25, -0.2) is 8.78 Å². The molecule has 0 radical (unpaired) electrons. The predicted molar refractivity (Wildman–Crippen MR) is 131 cm³/mol. The molecular weight excluding hydrogens is 490 g/mol. The third kappa shape index (κ3) is 5.89. The summed E-state index contributed by atoms with van der Waals surface area (Å²) in [5, 5.41) is 1.93. The second kappa shape index (κ2) is 11.0. The number of nitrogens with zero attached hydrogens (tertiary/aromatic N) is 1. The van der Waals surface area contributed by atoms with E-state index >= 15 is 0 Å². The lowest BCUT2D eigenvalue weighted by Gasteiger charge is -2.13. The molecule has 1 heterocycles. The van der Waals surface area contributed by atoms with Crippen molar-refractivity contribution in [2.75, 3.05) is 19.0 Å². The molecule has 0 unspecified atom stereocenters. The number of nitrogens with one attached hydrogen (secondary N) is 1. The molecule has 36 heavy (non-hydrogen) atoms. The van der Waals surface area contributed by atoms with E-state index in [1.807, 2.05) is 0 Å². The Morgan fingerprint density at radius 1 is 1.03 bits per heavy atom. The third-order valence-corrected chi connectivity index (χ3v) is 6.04. The fourth-order valence-corrected chi connectivity index (χ4v) is 4.17. The largest absolute Gasteiger partial charge is 0.493 e. The number of benzene rings is 3. The van der Waals surface area contributed by atoms with E-state index in [1.54, 1.807) is 36.4 Å². The Morgan fingerprint density at radius 3 is 2.50 bits per heavy atom. The van der Waals surface area contributed by atoms with E-state index < -0.39 is 29.4 Å². The fraction of sp³-hybridized carbons (Fsp3) is 0.115. The van der Waals surface area contributed by atoms with E-state index in [0.29, 0.717) is 40.1 Å². The number of carbonyl (C=O) groups excluding carboxylic acids is 3. The Bertz CT molecular complexity index is 1340. The maximum atomic E-state index is 13.8. The molecule has 4 rings (SSSR count). The maximum absolute atomic E-state index is 13.8. The molecule has 10 heteroatoms. The van der Waals surface area contributed by atoms with Gasteiger partial charge in [0.15, 0.2) is 11.5 Å². The van der Waals surface area contributed by atoms with Crippen LogP contribution in [-0.4, -0.2) is 35.6 Å². The number of ether oxygens (including phenoxy) is 2. The molecule has 0 atom stereocenters. The highest BCUT2D eigenvalue weighted by atomic mass is 32.2. The Balaban J connectivity index is 1.43. The van der Waals surface area contributed by atoms with Crippen LogP contribution in [-0.2, 0) is 16.2 Å². The molecule has 0 spiro atoms. The van der Waals surface area contributed by atoms with E-state index in [0.717, 1.165) is 4.90 Å². The maximum Gasteiger partial charge on any atom is 0.294 e. The minimum Gasteiger partial charge on any atom is -0.493 e. The zero-order valence-corrected chi connectivity index (χ0v) is 19.8. The third-order valence-electron chi connectivity index (χ3n) is 5.13. The number of thioether (sulfide) groups is 1. The second-order valence-electron chi connectivity index (χ2n) is 7.61. The first-order valence-electron chi connectivity index (χ1n) is 10.7. The van der Waals surface area contributed by atoms with E-state index in [4.69, 9.17) is 9.47 Å². The summed E-state index contributed by atoms with van der Waals surface area (Å²) in [7, 11) is 1.45. The van der Waals surface area contributed by atoms with Crippen LogP contribution in [0, 0.1) is 11.6 Å². The molecule has 0 aromatic heterocycles. The highest BCUT2D eigenvalue weighted by molar-refractivity contribution is 8.18. The Morgan fingerprint density at radius 2 is 1.78 bits per heavy atom. The Hall–Kier alpha value is -4.18. The molecule has 184 valence electrons. The van der Waals surface area contributed by atoms with E-state index in [-0.39, 0.29) is 17.3 Å². The molecule has 3 aromatic rings. The van der Waals surface area contributed by atoms with Crippen molar-refractivity contribution in [1.82, 2.24) is 4.90 Å². The number of amides is 3. The van der Waals surface area contributed by atoms with Gasteiger partial charge in [-0.05, 0) is 65.9 Å². The van der Waals surface area contributed by atoms with Gasteiger partial charge in [0.05, 0.1) is 12.0 Å². The smallest absolute Gasteiger partial charge is 0.294 e. The molecule has 1 N–H and O–H groups in total. The van der Waals surface area contributed by atoms with Gasteiger partial charge in [-0.3, -0.25) is 19.3 Å². The molecule has 1 saturated heterocycles. The molecule has 7 nitrogen and oxygen atoms in total. The summed E-state index contributed by atoms with van der Waals surface area (Å²) in [6.45, 7) is -0.479. The van der Waals surface area contributed by atoms with Crippen molar-refractivity contribution >= 4 is 40.6 Å². The summed E-state index contributed by atoms with van der Waals surface area (Å²) < 4.78 is 37.9. The van der Waals surface area contributed by atoms with Crippen LogP contribution in [0.2, 0.25) is 0 Å². The first-order chi connectivity index (χ1) is 17.3. The van der Waals surface area contributed by atoms with Crippen LogP contribution in [0.15, 0.2) is 71.6 Å². The molecule has 1 aliphatic heterocycles. The molecule has 1 fully saturated rings. The van der Waals surface area contributed by atoms with E-state index in [2.05, 4.69) is 5.32 Å². The lowest BCUT2D eigenvalue weighted by Crippen LogP contribution is -2.36. The molecular formula is C26H20F2N2O5S. The molecule has 1 aliphatic rings. The number of carbonyl (C=O) groups is 3. The molecule has 3 amide bonds. The summed E-state index contributed by atoms with van der Waals surface area (Å²) in [5.41, 5.74) is 1.29. The quantitative estimate of drug-likeness (QED) is 0.418. The summed E-state index contributed by atoms with van der Waals surface area (Å²) in [5.74, 6) is -1.30. The lowest BCUT2D eigenvalue weighted by atomic mass is 10.1. The normalized spacial score (nSPS) is 14.3. The van der Waals surface area contributed by atoms with Gasteiger partial charge < -0.3 is 14.8 Å². The van der Waals surface area contributed by atoms with Crippen LogP contribution >= 0.6 is 11.8 Å². The standard InChI is InChI=1S/C26H20F2N2O5S/c1-34-22-12-16(6-11-21(22)35-15-17-4-2-3-5-20(17)28)13-23-25(32)30(26(33)36-23)14-24(31)29-19-9-7-18(27)8-10-19/h2-13H,14-15H2,1H3,(H,29,31)/b23-13-. The highest BCUT2D eigenvalue weighted by Gasteiger charge is 2.36. The summed E-state index contributed by atoms with van der Waals surface area (Å²) in [6.07, 6.45) is 1.51. The van der Waals surface area contributed by atoms with Crippen LogP contribution < -0.4 is 14.8 Å². The number of hydrogen-bond acceptors (Lipinski definition) is 6. The minimum absolute atomic E-state index is 0.00124. The van der Waals surface area contributed by atoms with Crippen LogP contribution in [0.25, 0.3) is 6.08 Å². The van der Waals surface area contributed by atoms with Gasteiger partial charge in [-0.1, -0.05) is 24.3 Å². The lowest BCUT2D eigenvalue weighted by molar-refractivity contribution is -0.127. The van der Waals surface area contributed by atoms with Crippen molar-refractivity contribution < 1.29 is 32.6 Å². The predicted octanol–water partition coefficient (Wildman–Crippen LogP) is 5.23. The number of halogens is 2. The van der Waals surface area contributed by atoms with Gasteiger partial charge in [-0.2, -0.15) is 0 Å². The van der Waals surface area contributed by atoms with Crippen molar-refractivity contribution in [1.29, 1.82) is 0 Å². The first kappa shape index (κ1) is 24.9. The highest BCUT2D eigenvalue weighted by Crippen LogP contribution is 2.34. The summed E-state index contributed by atoms with van der Waals surface area (Å²) in [6, 6.07) is 16.3. The zero-order valence-electron chi connectivity index (χ0n) is 19.0. The van der Waals surface area contributed by atoms with Gasteiger partial charge in [-0.15, -0.1) is 0 Å². The van der Waals surface area contributed by atoms with Gasteiger partial charge in [0, 0.05) is 11.3 Å². The topological polar surface area (TPSA) is 84.9 Å². The average Bonchev–Trinajstić information content (AvgIpc) is 3.12. The molecule has 0 aliphatic carbocycles. The van der Waals surface area contributed by atoms with E-state index in [1.165, 1.54) is 43.5 Å². The fourth-order valence-electron chi connectivity index (χ4n) is 3.33. The average molecular weight is 511 g/mol. The SMILES string of the molecule is COc1cc(/C=C2\SC(=O)N(CC(=O)Nc3ccc(F)cc3)C2=O)ccc1OCc1ccccc1F. The minimum atomic E-state index is -0.613. The molecule has 3 aromatic carbocycles. The summed E-state index contributed by atoms with van der Waals surface area (Å²) >= 11 is 0.709. The number of rotatable bonds is 8. The Kier molecular flexibility index (Phi) is 7.65. The van der Waals surface area contributed by atoms with Crippen molar-refractivity contribution in [3.05, 3.63) is 94.4 Å². The first-order valence-corrected chi connectivity index (χ1v) is 11.5. The second-order valence-corrected chi connectivity index (χ2v) is 8.61. The van der Waals surface area contributed by atoms with Crippen molar-refractivity contribution in [3.8, 4) is 11.5 Å². The summed E-state index contributed by atoms with van der Waals surface area (Å²) in [4.78, 5) is 38.4. The zero-order chi connectivity index (χ0) is 25.7. The van der Waals surface area contributed by atoms with Gasteiger partial charge in [0.25, 0.3) is 11.1 Å². The van der Waals surface area contributed by atoms with Crippen molar-refractivity contribution in [2.45, 2.75) is 6.61 Å². The van der Waals surface area contributed by atoms with Crippen LogP contribution in [0.1, 0.15) is 11.1 Å². The number of hydrogen-bond donors (Lipinski definition) is 1. The monoisotopic (exact) mass is 510 g/mol. The molecule has 0 bridgehead atoms. The van der Waals surface area contributed by atoms with E-state index in [9.17, 15) is 23.2 Å². The van der Waals surface area contributed by atoms with Crippen LogP contribution in [0.4, 0.5) is 19.3 Å². The van der Waals surface area contributed by atoms with Crippen molar-refractivity contribution in [2.24, 2.45) is 0 Å². The van der Waals surface area contributed by atoms with Gasteiger partial charge in [0.2, 0.25) is 5.91 Å². The van der Waals surface area contributed by atoms with Crippen molar-refractivity contribution in [3.63, 3.8) is 0 Å². The number of methoxy groups -OCH3 is 1. The van der Waals surface area contributed by atoms with Crippen LogP contribution in [0.3, 0.4) is 0 Å². The van der Waals surface area contributed by atoms with Gasteiger partial charge >= 0.3 is 0 Å².